The Morgan fingerprint density at radius 2 is 2.12 bits per heavy atom. The number of thiazole rings is 1. The van der Waals surface area contributed by atoms with Crippen molar-refractivity contribution in [3.63, 3.8) is 0 Å². The fourth-order valence-corrected chi connectivity index (χ4v) is 3.46. The third-order valence-corrected chi connectivity index (χ3v) is 4.26. The molecule has 0 fully saturated rings. The van der Waals surface area contributed by atoms with Crippen LogP contribution in [0, 0.1) is 0 Å². The van der Waals surface area contributed by atoms with Crippen molar-refractivity contribution in [3.8, 4) is 11.3 Å². The fourth-order valence-electron chi connectivity index (χ4n) is 1.82. The first-order valence-electron chi connectivity index (χ1n) is 5.54. The van der Waals surface area contributed by atoms with Crippen LogP contribution in [-0.4, -0.2) is 15.1 Å². The van der Waals surface area contributed by atoms with Crippen LogP contribution in [-0.2, 0) is 0 Å². The Hall–Kier alpha value is -1.26. The van der Waals surface area contributed by atoms with Crippen molar-refractivity contribution in [2.75, 3.05) is 5.75 Å². The van der Waals surface area contributed by atoms with Crippen LogP contribution in [0.4, 0.5) is 0 Å². The molecule has 0 saturated carbocycles. The van der Waals surface area contributed by atoms with Crippen LogP contribution < -0.4 is 0 Å². The maximum absolute atomic E-state index is 4.72. The molecular weight excluding hydrogens is 248 g/mol. The van der Waals surface area contributed by atoms with Crippen molar-refractivity contribution in [2.45, 2.75) is 11.9 Å². The quantitative estimate of drug-likeness (QED) is 0.657. The van der Waals surface area contributed by atoms with Gasteiger partial charge in [-0.1, -0.05) is 37.3 Å². The number of rotatable bonds is 3. The van der Waals surface area contributed by atoms with Gasteiger partial charge >= 0.3 is 0 Å². The third kappa shape index (κ3) is 1.87. The average molecular weight is 260 g/mol. The molecule has 2 aromatic heterocycles. The van der Waals surface area contributed by atoms with E-state index in [9.17, 15) is 0 Å². The molecule has 17 heavy (non-hydrogen) atoms. The van der Waals surface area contributed by atoms with Crippen LogP contribution in [0.25, 0.3) is 16.2 Å². The predicted octanol–water partition coefficient (Wildman–Crippen LogP) is 4.17. The molecule has 3 rings (SSSR count). The summed E-state index contributed by atoms with van der Waals surface area (Å²) in [4.78, 5) is 5.79. The first-order valence-corrected chi connectivity index (χ1v) is 7.40. The van der Waals surface area contributed by atoms with E-state index in [0.29, 0.717) is 0 Å². The molecule has 0 unspecified atom stereocenters. The second-order valence-electron chi connectivity index (χ2n) is 3.62. The Morgan fingerprint density at radius 3 is 2.88 bits per heavy atom. The molecule has 4 heteroatoms. The molecule has 0 radical (unpaired) electrons. The first-order chi connectivity index (χ1) is 8.40. The van der Waals surface area contributed by atoms with E-state index in [0.717, 1.165) is 16.4 Å². The van der Waals surface area contributed by atoms with Crippen molar-refractivity contribution in [1.29, 1.82) is 0 Å². The molecule has 0 aliphatic heterocycles. The Labute approximate surface area is 108 Å². The van der Waals surface area contributed by atoms with E-state index in [1.54, 1.807) is 11.3 Å². The first kappa shape index (κ1) is 10.9. The summed E-state index contributed by atoms with van der Waals surface area (Å²) in [6.07, 6.45) is 2.09. The average Bonchev–Trinajstić information content (AvgIpc) is 2.93. The van der Waals surface area contributed by atoms with Crippen molar-refractivity contribution >= 4 is 28.1 Å². The lowest BCUT2D eigenvalue weighted by Gasteiger charge is -2.01. The van der Waals surface area contributed by atoms with E-state index in [2.05, 4.69) is 47.2 Å². The number of thioether (sulfide) groups is 1. The zero-order chi connectivity index (χ0) is 11.7. The summed E-state index contributed by atoms with van der Waals surface area (Å²) >= 11 is 3.53. The van der Waals surface area contributed by atoms with Crippen LogP contribution in [0.1, 0.15) is 6.92 Å². The summed E-state index contributed by atoms with van der Waals surface area (Å²) in [5.41, 5.74) is 2.30. The molecule has 0 N–H and O–H groups in total. The zero-order valence-electron chi connectivity index (χ0n) is 9.46. The Bertz CT molecular complexity index is 625. The van der Waals surface area contributed by atoms with Crippen LogP contribution in [0.5, 0.6) is 0 Å². The van der Waals surface area contributed by atoms with Gasteiger partial charge in [0.2, 0.25) is 0 Å². The number of imidazole rings is 1. The number of benzene rings is 1. The molecular formula is C13H12N2S2. The normalized spacial score (nSPS) is 11.1. The van der Waals surface area contributed by atoms with Crippen molar-refractivity contribution in [2.24, 2.45) is 0 Å². The van der Waals surface area contributed by atoms with E-state index in [1.807, 2.05) is 17.8 Å². The summed E-state index contributed by atoms with van der Waals surface area (Å²) in [7, 11) is 0. The monoisotopic (exact) mass is 260 g/mol. The van der Waals surface area contributed by atoms with Gasteiger partial charge in [-0.3, -0.25) is 4.40 Å². The molecule has 3 aromatic rings. The lowest BCUT2D eigenvalue weighted by molar-refractivity contribution is 1.07. The minimum atomic E-state index is 1.06. The van der Waals surface area contributed by atoms with Gasteiger partial charge in [0.25, 0.3) is 0 Å². The zero-order valence-corrected chi connectivity index (χ0v) is 11.1. The van der Waals surface area contributed by atoms with E-state index in [-0.39, 0.29) is 0 Å². The van der Waals surface area contributed by atoms with E-state index >= 15 is 0 Å². The number of hydrogen-bond donors (Lipinski definition) is 0. The predicted molar refractivity (Wildman–Crippen MR) is 74.9 cm³/mol. The Balaban J connectivity index is 2.21. The summed E-state index contributed by atoms with van der Waals surface area (Å²) < 4.78 is 2.18. The number of nitrogens with zero attached hydrogens (tertiary/aromatic N) is 2. The third-order valence-electron chi connectivity index (χ3n) is 2.55. The molecule has 0 amide bonds. The van der Waals surface area contributed by atoms with Gasteiger partial charge in [0, 0.05) is 17.1 Å². The number of hydrogen-bond acceptors (Lipinski definition) is 3. The molecule has 86 valence electrons. The van der Waals surface area contributed by atoms with Crippen molar-refractivity contribution < 1.29 is 0 Å². The van der Waals surface area contributed by atoms with Crippen molar-refractivity contribution in [3.05, 3.63) is 41.9 Å². The van der Waals surface area contributed by atoms with Gasteiger partial charge in [0.15, 0.2) is 4.96 Å². The molecule has 0 atom stereocenters. The van der Waals surface area contributed by atoms with Crippen LogP contribution >= 0.6 is 23.1 Å². The lowest BCUT2D eigenvalue weighted by Crippen LogP contribution is -1.84. The molecule has 0 spiro atoms. The highest BCUT2D eigenvalue weighted by atomic mass is 32.2. The van der Waals surface area contributed by atoms with Gasteiger partial charge in [0.1, 0.15) is 10.7 Å². The highest BCUT2D eigenvalue weighted by molar-refractivity contribution is 7.99. The molecule has 0 aliphatic rings. The Morgan fingerprint density at radius 1 is 1.29 bits per heavy atom. The molecule has 0 saturated heterocycles. The SMILES string of the molecule is CCSc1c(-c2ccccc2)nc2sccn12. The van der Waals surface area contributed by atoms with Gasteiger partial charge < -0.3 is 0 Å². The smallest absolute Gasteiger partial charge is 0.195 e. The number of aromatic nitrogens is 2. The fraction of sp³-hybridized carbons (Fsp3) is 0.154. The lowest BCUT2D eigenvalue weighted by atomic mass is 10.2. The maximum atomic E-state index is 4.72. The summed E-state index contributed by atoms with van der Waals surface area (Å²) in [5, 5.41) is 3.33. The second kappa shape index (κ2) is 4.55. The molecule has 2 nitrogen and oxygen atoms in total. The van der Waals surface area contributed by atoms with Gasteiger partial charge in [-0.2, -0.15) is 0 Å². The van der Waals surface area contributed by atoms with Crippen LogP contribution in [0.2, 0.25) is 0 Å². The Kier molecular flexibility index (Phi) is 2.91. The topological polar surface area (TPSA) is 17.3 Å². The van der Waals surface area contributed by atoms with Crippen LogP contribution in [0.15, 0.2) is 46.9 Å². The highest BCUT2D eigenvalue weighted by Crippen LogP contribution is 2.33. The molecule has 0 aliphatic carbocycles. The number of fused-ring (bicyclic) bond motifs is 1. The molecule has 2 heterocycles. The summed E-state index contributed by atoms with van der Waals surface area (Å²) in [5.74, 6) is 1.06. The largest absolute Gasteiger partial charge is 0.285 e. The van der Waals surface area contributed by atoms with Gasteiger partial charge in [-0.25, -0.2) is 4.98 Å². The van der Waals surface area contributed by atoms with E-state index < -0.39 is 0 Å². The minimum Gasteiger partial charge on any atom is -0.285 e. The van der Waals surface area contributed by atoms with Crippen molar-refractivity contribution in [1.82, 2.24) is 9.38 Å². The maximum Gasteiger partial charge on any atom is 0.195 e. The second-order valence-corrected chi connectivity index (χ2v) is 5.75. The van der Waals surface area contributed by atoms with Gasteiger partial charge in [0.05, 0.1) is 0 Å². The minimum absolute atomic E-state index is 1.06. The summed E-state index contributed by atoms with van der Waals surface area (Å²) in [6.45, 7) is 2.17. The van der Waals surface area contributed by atoms with E-state index in [1.165, 1.54) is 10.6 Å². The molecule has 0 bridgehead atoms. The van der Waals surface area contributed by atoms with E-state index in [4.69, 9.17) is 4.98 Å². The summed E-state index contributed by atoms with van der Waals surface area (Å²) in [6, 6.07) is 10.4. The highest BCUT2D eigenvalue weighted by Gasteiger charge is 2.14. The van der Waals surface area contributed by atoms with Gasteiger partial charge in [-0.15, -0.1) is 23.1 Å². The standard InChI is InChI=1S/C13H12N2S2/c1-2-16-12-11(10-6-4-3-5-7-10)14-13-15(12)8-9-17-13/h3-9H,2H2,1H3. The van der Waals surface area contributed by atoms with Crippen LogP contribution in [0.3, 0.4) is 0 Å². The van der Waals surface area contributed by atoms with Gasteiger partial charge in [-0.05, 0) is 5.75 Å². The molecule has 1 aromatic carbocycles.